The van der Waals surface area contributed by atoms with Gasteiger partial charge in [0.25, 0.3) is 5.91 Å². The van der Waals surface area contributed by atoms with Crippen molar-refractivity contribution in [2.45, 2.75) is 0 Å². The zero-order valence-electron chi connectivity index (χ0n) is 4.38. The summed E-state index contributed by atoms with van der Waals surface area (Å²) in [5.74, 6) is -0.0752. The average molecular weight is 155 g/mol. The van der Waals surface area contributed by atoms with Crippen LogP contribution in [0.4, 0.5) is 0 Å². The zero-order valence-corrected chi connectivity index (χ0v) is 8.32. The van der Waals surface area contributed by atoms with Gasteiger partial charge in [-0.2, -0.15) is 0 Å². The number of hydrogen-bond acceptors (Lipinski definition) is 3. The van der Waals surface area contributed by atoms with E-state index in [0.717, 1.165) is 11.8 Å². The molecular formula is C3H2KNO2S-. The monoisotopic (exact) mass is 155 g/mol. The van der Waals surface area contributed by atoms with E-state index in [1.165, 1.54) is 0 Å². The van der Waals surface area contributed by atoms with Crippen LogP contribution in [0.2, 0.25) is 0 Å². The summed E-state index contributed by atoms with van der Waals surface area (Å²) in [6.07, 6.45) is 0. The molecule has 1 heterocycles. The topological polar surface area (TPSA) is 52.5 Å². The maximum atomic E-state index is 10.0. The van der Waals surface area contributed by atoms with Gasteiger partial charge in [-0.3, -0.25) is 4.79 Å². The first-order chi connectivity index (χ1) is 3.29. The smallest absolute Gasteiger partial charge is 0.255 e. The molecule has 0 saturated heterocycles. The predicted octanol–water partition coefficient (Wildman–Crippen LogP) is -1.40. The molecule has 0 saturated carbocycles. The molecule has 0 aliphatic carbocycles. The van der Waals surface area contributed by atoms with E-state index in [1.807, 2.05) is 0 Å². The van der Waals surface area contributed by atoms with Crippen LogP contribution in [0.25, 0.3) is 0 Å². The molecule has 8 heavy (non-hydrogen) atoms. The third-order valence-electron chi connectivity index (χ3n) is 0.535. The van der Waals surface area contributed by atoms with Crippen molar-refractivity contribution >= 4 is 74.3 Å². The van der Waals surface area contributed by atoms with E-state index in [0.29, 0.717) is 0 Å². The summed E-state index contributed by atoms with van der Waals surface area (Å²) < 4.78 is 0. The Kier molecular flexibility index (Phi) is 4.59. The van der Waals surface area contributed by atoms with Crippen molar-refractivity contribution in [3.8, 4) is 0 Å². The fourth-order valence-corrected chi connectivity index (χ4v) is 0.768. The minimum absolute atomic E-state index is 0. The number of nitrogens with zero attached hydrogens (tertiary/aromatic N) is 1. The second kappa shape index (κ2) is 4.02. The normalized spacial score (nSPS) is 17.5. The van der Waals surface area contributed by atoms with Crippen LogP contribution in [0.15, 0.2) is 4.99 Å². The van der Waals surface area contributed by atoms with E-state index in [4.69, 9.17) is 0 Å². The Hall–Kier alpha value is 1.13. The first-order valence-corrected chi connectivity index (χ1v) is 2.69. The van der Waals surface area contributed by atoms with E-state index in [2.05, 4.69) is 4.99 Å². The van der Waals surface area contributed by atoms with E-state index >= 15 is 0 Å². The number of carbonyl (C=O) groups excluding carboxylic acids is 1. The van der Waals surface area contributed by atoms with Crippen LogP contribution in [0.3, 0.4) is 0 Å². The minimum Gasteiger partial charge on any atom is -0.854 e. The number of hydrogen-bond donors (Lipinski definition) is 0. The summed E-state index contributed by atoms with van der Waals surface area (Å²) >= 11 is 0.950. The van der Waals surface area contributed by atoms with Crippen molar-refractivity contribution in [1.29, 1.82) is 0 Å². The van der Waals surface area contributed by atoms with Gasteiger partial charge in [-0.05, 0) is 0 Å². The number of rotatable bonds is 0. The van der Waals surface area contributed by atoms with Crippen LogP contribution in [0.1, 0.15) is 0 Å². The van der Waals surface area contributed by atoms with Crippen LogP contribution in [-0.4, -0.2) is 68.3 Å². The van der Waals surface area contributed by atoms with Crippen molar-refractivity contribution < 1.29 is 9.90 Å². The van der Waals surface area contributed by atoms with Gasteiger partial charge in [-0.25, -0.2) is 4.99 Å². The zero-order chi connectivity index (χ0) is 5.28. The van der Waals surface area contributed by atoms with Crippen molar-refractivity contribution in [3.05, 3.63) is 0 Å². The van der Waals surface area contributed by atoms with Gasteiger partial charge in [-0.15, -0.1) is 11.8 Å². The van der Waals surface area contributed by atoms with Gasteiger partial charge in [0.05, 0.1) is 5.75 Å². The largest absolute Gasteiger partial charge is 0.854 e. The number of amides is 1. The summed E-state index contributed by atoms with van der Waals surface area (Å²) in [6, 6.07) is 0. The van der Waals surface area contributed by atoms with Crippen molar-refractivity contribution in [3.63, 3.8) is 0 Å². The molecule has 0 fully saturated rings. The van der Waals surface area contributed by atoms with Gasteiger partial charge in [0.1, 0.15) is 0 Å². The first kappa shape index (κ1) is 9.13. The van der Waals surface area contributed by atoms with E-state index < -0.39 is 0 Å². The fourth-order valence-electron chi connectivity index (χ4n) is 0.290. The van der Waals surface area contributed by atoms with Crippen molar-refractivity contribution in [2.24, 2.45) is 4.99 Å². The first-order valence-electron chi connectivity index (χ1n) is 1.70. The molecule has 1 radical (unpaired) electrons. The van der Waals surface area contributed by atoms with E-state index in [1.54, 1.807) is 0 Å². The molecule has 5 heteroatoms. The molecule has 0 N–H and O–H groups in total. The van der Waals surface area contributed by atoms with Crippen LogP contribution in [0.5, 0.6) is 0 Å². The maximum Gasteiger partial charge on any atom is 0.255 e. The minimum atomic E-state index is -0.356. The predicted molar refractivity (Wildman–Crippen MR) is 30.7 cm³/mol. The molecule has 1 amide bonds. The van der Waals surface area contributed by atoms with Crippen LogP contribution in [0, 0.1) is 0 Å². The molecule has 1 rings (SSSR count). The van der Waals surface area contributed by atoms with Gasteiger partial charge >= 0.3 is 0 Å². The summed E-state index contributed by atoms with van der Waals surface area (Å²) in [5, 5.41) is 9.67. The van der Waals surface area contributed by atoms with E-state index in [9.17, 15) is 9.90 Å². The summed E-state index contributed by atoms with van der Waals surface area (Å²) in [7, 11) is 0. The second-order valence-corrected chi connectivity index (χ2v) is 1.99. The van der Waals surface area contributed by atoms with Crippen molar-refractivity contribution in [2.75, 3.05) is 5.75 Å². The molecule has 0 atom stereocenters. The molecule has 0 aromatic heterocycles. The van der Waals surface area contributed by atoms with Gasteiger partial charge in [-0.1, -0.05) is 0 Å². The summed E-state index contributed by atoms with van der Waals surface area (Å²) in [5.41, 5.74) is 0. The molecule has 0 unspecified atom stereocenters. The van der Waals surface area contributed by atoms with Crippen LogP contribution >= 0.6 is 11.8 Å². The number of thioether (sulfide) groups is 1. The molecule has 0 spiro atoms. The maximum absolute atomic E-state index is 10.0. The second-order valence-electron chi connectivity index (χ2n) is 1.06. The van der Waals surface area contributed by atoms with Gasteiger partial charge < -0.3 is 5.11 Å². The van der Waals surface area contributed by atoms with E-state index in [-0.39, 0.29) is 68.3 Å². The third kappa shape index (κ3) is 2.61. The van der Waals surface area contributed by atoms with Gasteiger partial charge in [0, 0.05) is 56.6 Å². The Morgan fingerprint density at radius 1 is 1.75 bits per heavy atom. The molecule has 3 nitrogen and oxygen atoms in total. The van der Waals surface area contributed by atoms with Gasteiger partial charge in [0.15, 0.2) is 0 Å². The Labute approximate surface area is 93.4 Å². The van der Waals surface area contributed by atoms with Crippen molar-refractivity contribution in [1.82, 2.24) is 0 Å². The molecular weight excluding hydrogens is 153 g/mol. The average Bonchev–Trinajstić information content (AvgIpc) is 1.87. The Bertz CT molecular complexity index is 135. The Balaban J connectivity index is 0.000000490. The standard InChI is InChI=1S/C3H3NO2S.K/c5-2-1-7-3(6)4-2;/h1H2,(H,4,5,6);/p-1. The molecule has 1 aliphatic heterocycles. The Morgan fingerprint density at radius 3 is 2.50 bits per heavy atom. The summed E-state index contributed by atoms with van der Waals surface area (Å²) in [4.78, 5) is 13.1. The Morgan fingerprint density at radius 2 is 2.38 bits per heavy atom. The van der Waals surface area contributed by atoms with Crippen LogP contribution < -0.4 is 5.11 Å². The molecule has 0 bridgehead atoms. The molecule has 1 aliphatic rings. The summed E-state index contributed by atoms with van der Waals surface area (Å²) in [6.45, 7) is 0. The van der Waals surface area contributed by atoms with Crippen LogP contribution in [-0.2, 0) is 4.79 Å². The molecule has 0 aromatic carbocycles. The SMILES string of the molecule is O=C1CSC([O-])=N1.[K]. The van der Waals surface area contributed by atoms with Gasteiger partial charge in [0.2, 0.25) is 0 Å². The molecule has 39 valence electrons. The molecule has 0 aromatic rings. The quantitative estimate of drug-likeness (QED) is 0.404. The fraction of sp³-hybridized carbons (Fsp3) is 0.333. The number of aliphatic imine (C=N–C) groups is 1. The third-order valence-corrected chi connectivity index (χ3v) is 1.26. The number of carbonyl (C=O) groups is 1.